The number of ketones is 1. The molecule has 1 amide bonds. The maximum absolute atomic E-state index is 11.4. The van der Waals surface area contributed by atoms with Crippen molar-refractivity contribution < 1.29 is 9.59 Å². The molecule has 2 fully saturated rings. The van der Waals surface area contributed by atoms with Crippen molar-refractivity contribution in [2.45, 2.75) is 38.6 Å². The Labute approximate surface area is 78.1 Å². The Bertz CT molecular complexity index is 249. The van der Waals surface area contributed by atoms with E-state index in [0.717, 1.165) is 25.8 Å². The van der Waals surface area contributed by atoms with E-state index >= 15 is 0 Å². The summed E-state index contributed by atoms with van der Waals surface area (Å²) in [6.45, 7) is 2.52. The van der Waals surface area contributed by atoms with E-state index in [4.69, 9.17) is 0 Å². The highest BCUT2D eigenvalue weighted by Gasteiger charge is 2.40. The van der Waals surface area contributed by atoms with Crippen LogP contribution in [-0.4, -0.2) is 29.2 Å². The number of amides is 1. The molecule has 72 valence electrons. The minimum atomic E-state index is 0.125. The average molecular weight is 181 g/mol. The third-order valence-electron chi connectivity index (χ3n) is 3.28. The van der Waals surface area contributed by atoms with Gasteiger partial charge in [0.05, 0.1) is 0 Å². The fourth-order valence-electron chi connectivity index (χ4n) is 2.61. The van der Waals surface area contributed by atoms with Crippen LogP contribution >= 0.6 is 0 Å². The molecule has 0 bridgehead atoms. The van der Waals surface area contributed by atoms with Gasteiger partial charge in [0.15, 0.2) is 0 Å². The molecule has 0 saturated carbocycles. The quantitative estimate of drug-likeness (QED) is 0.604. The lowest BCUT2D eigenvalue weighted by Gasteiger charge is -2.35. The minimum absolute atomic E-state index is 0.125. The normalized spacial score (nSPS) is 33.3. The second-order valence-corrected chi connectivity index (χ2v) is 4.05. The number of piperidine rings is 1. The summed E-state index contributed by atoms with van der Waals surface area (Å²) >= 11 is 0. The van der Waals surface area contributed by atoms with Crippen LogP contribution in [0.15, 0.2) is 0 Å². The summed E-state index contributed by atoms with van der Waals surface area (Å²) in [5.74, 6) is 0.626. The first-order valence-corrected chi connectivity index (χ1v) is 5.00. The first-order valence-electron chi connectivity index (χ1n) is 5.00. The Morgan fingerprint density at radius 2 is 2.23 bits per heavy atom. The first kappa shape index (κ1) is 8.73. The molecule has 0 aromatic heterocycles. The number of nitrogens with zero attached hydrogens (tertiary/aromatic N) is 1. The molecule has 2 aliphatic heterocycles. The predicted octanol–water partition coefficient (Wildman–Crippen LogP) is 0.976. The summed E-state index contributed by atoms with van der Waals surface area (Å²) in [5, 5.41) is 0. The van der Waals surface area contributed by atoms with Crippen molar-refractivity contribution in [3.63, 3.8) is 0 Å². The van der Waals surface area contributed by atoms with Gasteiger partial charge in [-0.3, -0.25) is 9.59 Å². The molecule has 0 aromatic rings. The number of rotatable bonds is 1. The molecule has 2 aliphatic rings. The molecule has 3 heteroatoms. The van der Waals surface area contributed by atoms with Gasteiger partial charge >= 0.3 is 0 Å². The monoisotopic (exact) mass is 181 g/mol. The zero-order valence-electron chi connectivity index (χ0n) is 7.95. The fourth-order valence-corrected chi connectivity index (χ4v) is 2.61. The minimum Gasteiger partial charge on any atom is -0.339 e. The van der Waals surface area contributed by atoms with E-state index in [9.17, 15) is 9.59 Å². The van der Waals surface area contributed by atoms with Gasteiger partial charge in [-0.05, 0) is 26.2 Å². The van der Waals surface area contributed by atoms with Crippen LogP contribution in [0, 0.1) is 5.92 Å². The van der Waals surface area contributed by atoms with Gasteiger partial charge < -0.3 is 4.90 Å². The molecule has 0 aliphatic carbocycles. The van der Waals surface area contributed by atoms with Gasteiger partial charge in [0.1, 0.15) is 5.78 Å². The molecule has 2 rings (SSSR count). The Kier molecular flexibility index (Phi) is 2.10. The van der Waals surface area contributed by atoms with Crippen LogP contribution in [0.5, 0.6) is 0 Å². The van der Waals surface area contributed by atoms with Crippen molar-refractivity contribution in [1.82, 2.24) is 4.90 Å². The topological polar surface area (TPSA) is 37.4 Å². The molecular weight excluding hydrogens is 166 g/mol. The summed E-state index contributed by atoms with van der Waals surface area (Å²) in [6, 6.07) is 0.235. The van der Waals surface area contributed by atoms with Crippen LogP contribution in [0.3, 0.4) is 0 Å². The lowest BCUT2D eigenvalue weighted by atomic mass is 9.86. The zero-order chi connectivity index (χ0) is 9.42. The lowest BCUT2D eigenvalue weighted by molar-refractivity contribution is -0.133. The summed E-state index contributed by atoms with van der Waals surface area (Å²) in [4.78, 5) is 24.6. The van der Waals surface area contributed by atoms with E-state index in [1.54, 1.807) is 6.92 Å². The summed E-state index contributed by atoms with van der Waals surface area (Å²) in [7, 11) is 0. The van der Waals surface area contributed by atoms with E-state index < -0.39 is 0 Å². The maximum Gasteiger partial charge on any atom is 0.222 e. The van der Waals surface area contributed by atoms with Crippen molar-refractivity contribution in [3.05, 3.63) is 0 Å². The highest BCUT2D eigenvalue weighted by molar-refractivity contribution is 5.83. The Hall–Kier alpha value is -0.860. The van der Waals surface area contributed by atoms with Gasteiger partial charge in [-0.25, -0.2) is 0 Å². The van der Waals surface area contributed by atoms with Gasteiger partial charge in [0.2, 0.25) is 5.91 Å². The molecule has 2 heterocycles. The third-order valence-corrected chi connectivity index (χ3v) is 3.28. The molecule has 0 spiro atoms. The second kappa shape index (κ2) is 3.13. The van der Waals surface area contributed by atoms with Crippen molar-refractivity contribution in [2.75, 3.05) is 6.54 Å². The molecular formula is C10H15NO2. The van der Waals surface area contributed by atoms with Crippen LogP contribution in [0.1, 0.15) is 32.6 Å². The van der Waals surface area contributed by atoms with Crippen LogP contribution in [0.2, 0.25) is 0 Å². The summed E-state index contributed by atoms with van der Waals surface area (Å²) in [5.41, 5.74) is 0. The molecule has 0 radical (unpaired) electrons. The first-order chi connectivity index (χ1) is 6.20. The number of carbonyl (C=O) groups excluding carboxylic acids is 2. The molecule has 0 unspecified atom stereocenters. The zero-order valence-corrected chi connectivity index (χ0v) is 7.95. The van der Waals surface area contributed by atoms with Gasteiger partial charge in [0, 0.05) is 24.9 Å². The van der Waals surface area contributed by atoms with E-state index in [-0.39, 0.29) is 23.7 Å². The lowest BCUT2D eigenvalue weighted by Crippen LogP contribution is -2.45. The van der Waals surface area contributed by atoms with E-state index in [2.05, 4.69) is 0 Å². The van der Waals surface area contributed by atoms with Crippen LogP contribution in [0.25, 0.3) is 0 Å². The Morgan fingerprint density at radius 1 is 1.46 bits per heavy atom. The highest BCUT2D eigenvalue weighted by Crippen LogP contribution is 2.32. The predicted molar refractivity (Wildman–Crippen MR) is 48.1 cm³/mol. The van der Waals surface area contributed by atoms with Crippen LogP contribution < -0.4 is 0 Å². The van der Waals surface area contributed by atoms with Gasteiger partial charge in [0.25, 0.3) is 0 Å². The number of fused-ring (bicyclic) bond motifs is 1. The molecule has 0 N–H and O–H groups in total. The van der Waals surface area contributed by atoms with Crippen LogP contribution in [0.4, 0.5) is 0 Å². The highest BCUT2D eigenvalue weighted by atomic mass is 16.2. The third kappa shape index (κ3) is 1.36. The van der Waals surface area contributed by atoms with Gasteiger partial charge in [-0.2, -0.15) is 0 Å². The average Bonchev–Trinajstić information content (AvgIpc) is 2.48. The molecule has 2 atom stereocenters. The Morgan fingerprint density at radius 3 is 2.92 bits per heavy atom. The van der Waals surface area contributed by atoms with Gasteiger partial charge in [-0.15, -0.1) is 0 Å². The smallest absolute Gasteiger partial charge is 0.222 e. The standard InChI is InChI=1S/C10H15NO2/c1-7(12)8-3-2-6-11-9(8)4-5-10(11)13/h8-9H,2-6H2,1H3/t8-,9-/m1/s1. The van der Waals surface area contributed by atoms with Crippen molar-refractivity contribution >= 4 is 11.7 Å². The van der Waals surface area contributed by atoms with Crippen molar-refractivity contribution in [2.24, 2.45) is 5.92 Å². The molecule has 0 aromatic carbocycles. The number of hydrogen-bond acceptors (Lipinski definition) is 2. The van der Waals surface area contributed by atoms with Crippen molar-refractivity contribution in [3.8, 4) is 0 Å². The number of Topliss-reactive ketones (excluding diaryl/α,β-unsaturated/α-hetero) is 1. The van der Waals surface area contributed by atoms with E-state index in [0.29, 0.717) is 6.42 Å². The second-order valence-electron chi connectivity index (χ2n) is 4.05. The summed E-state index contributed by atoms with van der Waals surface area (Å²) in [6.07, 6.45) is 3.51. The number of carbonyl (C=O) groups is 2. The molecule has 2 saturated heterocycles. The Balaban J connectivity index is 2.16. The van der Waals surface area contributed by atoms with Crippen molar-refractivity contribution in [1.29, 1.82) is 0 Å². The number of hydrogen-bond donors (Lipinski definition) is 0. The van der Waals surface area contributed by atoms with Gasteiger partial charge in [-0.1, -0.05) is 0 Å². The largest absolute Gasteiger partial charge is 0.339 e. The SMILES string of the molecule is CC(=O)[C@H]1CCCN2C(=O)CC[C@H]12. The molecule has 13 heavy (non-hydrogen) atoms. The molecule has 3 nitrogen and oxygen atoms in total. The van der Waals surface area contributed by atoms with E-state index in [1.165, 1.54) is 0 Å². The van der Waals surface area contributed by atoms with Crippen LogP contribution in [-0.2, 0) is 9.59 Å². The maximum atomic E-state index is 11.4. The summed E-state index contributed by atoms with van der Waals surface area (Å²) < 4.78 is 0. The van der Waals surface area contributed by atoms with E-state index in [1.807, 2.05) is 4.90 Å². The fraction of sp³-hybridized carbons (Fsp3) is 0.800.